The number of nitrogens with zero attached hydrogens (tertiary/aromatic N) is 1. The zero-order valence-corrected chi connectivity index (χ0v) is 7.95. The van der Waals surface area contributed by atoms with Gasteiger partial charge in [-0.2, -0.15) is 0 Å². The van der Waals surface area contributed by atoms with Crippen molar-refractivity contribution in [2.45, 2.75) is 32.6 Å². The average Bonchev–Trinajstić information content (AvgIpc) is 2.08. The standard InChI is InChI=1S/C9H16N2O2/c1-7-2-4-8(5-3-7)11-13-6-9(10)12/h7H,2-6H2,1H3,(H2,10,12). The summed E-state index contributed by atoms with van der Waals surface area (Å²) in [5.41, 5.74) is 5.95. The SMILES string of the molecule is CC1CCC(=NOCC(N)=O)CC1. The molecule has 0 unspecified atom stereocenters. The minimum Gasteiger partial charge on any atom is -0.386 e. The molecule has 1 fully saturated rings. The molecular weight excluding hydrogens is 168 g/mol. The predicted octanol–water partition coefficient (Wildman–Crippen LogP) is 1.05. The number of hydrogen-bond donors (Lipinski definition) is 1. The van der Waals surface area contributed by atoms with Crippen molar-refractivity contribution in [3.63, 3.8) is 0 Å². The molecule has 0 spiro atoms. The third kappa shape index (κ3) is 3.92. The molecule has 1 aliphatic rings. The van der Waals surface area contributed by atoms with Crippen molar-refractivity contribution in [2.75, 3.05) is 6.61 Å². The van der Waals surface area contributed by atoms with Gasteiger partial charge in [-0.25, -0.2) is 0 Å². The van der Waals surface area contributed by atoms with Crippen LogP contribution in [0.5, 0.6) is 0 Å². The van der Waals surface area contributed by atoms with E-state index in [1.807, 2.05) is 0 Å². The molecule has 2 N–H and O–H groups in total. The molecule has 0 aliphatic heterocycles. The van der Waals surface area contributed by atoms with Crippen molar-refractivity contribution in [2.24, 2.45) is 16.8 Å². The lowest BCUT2D eigenvalue weighted by Gasteiger charge is -2.18. The van der Waals surface area contributed by atoms with Crippen LogP contribution in [-0.4, -0.2) is 18.2 Å². The van der Waals surface area contributed by atoms with E-state index in [1.54, 1.807) is 0 Å². The number of carbonyl (C=O) groups is 1. The summed E-state index contributed by atoms with van der Waals surface area (Å²) in [6, 6.07) is 0. The average molecular weight is 184 g/mol. The van der Waals surface area contributed by atoms with Gasteiger partial charge in [0, 0.05) is 0 Å². The molecule has 0 bridgehead atoms. The van der Waals surface area contributed by atoms with Crippen molar-refractivity contribution >= 4 is 11.6 Å². The summed E-state index contributed by atoms with van der Waals surface area (Å²) in [5, 5.41) is 3.87. The molecule has 1 aliphatic carbocycles. The maximum atomic E-state index is 10.3. The molecule has 0 aromatic heterocycles. The Bertz CT molecular complexity index is 204. The number of primary amides is 1. The Morgan fingerprint density at radius 2 is 2.23 bits per heavy atom. The summed E-state index contributed by atoms with van der Waals surface area (Å²) >= 11 is 0. The van der Waals surface area contributed by atoms with E-state index in [9.17, 15) is 4.79 Å². The first-order valence-corrected chi connectivity index (χ1v) is 4.64. The van der Waals surface area contributed by atoms with E-state index in [1.165, 1.54) is 12.8 Å². The van der Waals surface area contributed by atoms with E-state index < -0.39 is 5.91 Å². The fraction of sp³-hybridized carbons (Fsp3) is 0.778. The van der Waals surface area contributed by atoms with Gasteiger partial charge in [-0.15, -0.1) is 0 Å². The summed E-state index contributed by atoms with van der Waals surface area (Å²) in [6.07, 6.45) is 4.30. The van der Waals surface area contributed by atoms with Gasteiger partial charge in [0.2, 0.25) is 0 Å². The van der Waals surface area contributed by atoms with Crippen molar-refractivity contribution in [1.29, 1.82) is 0 Å². The van der Waals surface area contributed by atoms with Crippen molar-refractivity contribution in [1.82, 2.24) is 0 Å². The van der Waals surface area contributed by atoms with Crippen LogP contribution in [0.1, 0.15) is 32.6 Å². The Morgan fingerprint density at radius 3 is 2.77 bits per heavy atom. The van der Waals surface area contributed by atoms with Crippen molar-refractivity contribution < 1.29 is 9.63 Å². The molecule has 1 rings (SSSR count). The second-order valence-electron chi connectivity index (χ2n) is 3.58. The van der Waals surface area contributed by atoms with Crippen LogP contribution in [0, 0.1) is 5.92 Å². The van der Waals surface area contributed by atoms with Gasteiger partial charge in [0.1, 0.15) is 0 Å². The van der Waals surface area contributed by atoms with Gasteiger partial charge in [-0.1, -0.05) is 12.1 Å². The topological polar surface area (TPSA) is 64.7 Å². The number of hydrogen-bond acceptors (Lipinski definition) is 3. The molecule has 1 saturated carbocycles. The molecular formula is C9H16N2O2. The molecule has 0 aromatic carbocycles. The second-order valence-corrected chi connectivity index (χ2v) is 3.58. The lowest BCUT2D eigenvalue weighted by atomic mass is 9.90. The molecule has 4 nitrogen and oxygen atoms in total. The predicted molar refractivity (Wildman–Crippen MR) is 50.2 cm³/mol. The number of carbonyl (C=O) groups excluding carboxylic acids is 1. The minimum absolute atomic E-state index is 0.112. The van der Waals surface area contributed by atoms with Gasteiger partial charge in [0.05, 0.1) is 5.71 Å². The lowest BCUT2D eigenvalue weighted by Crippen LogP contribution is -2.18. The molecule has 0 radical (unpaired) electrons. The van der Waals surface area contributed by atoms with Crippen molar-refractivity contribution in [3.8, 4) is 0 Å². The molecule has 1 amide bonds. The largest absolute Gasteiger partial charge is 0.386 e. The fourth-order valence-electron chi connectivity index (χ4n) is 1.37. The maximum absolute atomic E-state index is 10.3. The van der Waals surface area contributed by atoms with E-state index in [0.717, 1.165) is 24.5 Å². The summed E-state index contributed by atoms with van der Waals surface area (Å²) in [6.45, 7) is 2.13. The van der Waals surface area contributed by atoms with Crippen LogP contribution in [0.25, 0.3) is 0 Å². The first-order valence-electron chi connectivity index (χ1n) is 4.64. The van der Waals surface area contributed by atoms with Crippen LogP contribution in [-0.2, 0) is 9.63 Å². The molecule has 0 heterocycles. The highest BCUT2D eigenvalue weighted by Gasteiger charge is 2.13. The molecule has 0 saturated heterocycles. The van der Waals surface area contributed by atoms with E-state index in [4.69, 9.17) is 10.6 Å². The molecule has 13 heavy (non-hydrogen) atoms. The summed E-state index contributed by atoms with van der Waals surface area (Å²) in [5.74, 6) is 0.309. The summed E-state index contributed by atoms with van der Waals surface area (Å²) in [7, 11) is 0. The van der Waals surface area contributed by atoms with E-state index >= 15 is 0 Å². The van der Waals surface area contributed by atoms with Crippen LogP contribution in [0.15, 0.2) is 5.16 Å². The minimum atomic E-state index is -0.478. The van der Waals surface area contributed by atoms with Gasteiger partial charge >= 0.3 is 0 Å². The van der Waals surface area contributed by atoms with Crippen LogP contribution >= 0.6 is 0 Å². The summed E-state index contributed by atoms with van der Waals surface area (Å²) < 4.78 is 0. The van der Waals surface area contributed by atoms with Gasteiger partial charge in [0.15, 0.2) is 6.61 Å². The first kappa shape index (κ1) is 10.0. The second kappa shape index (κ2) is 4.84. The molecule has 0 atom stereocenters. The Kier molecular flexibility index (Phi) is 3.73. The third-order valence-corrected chi connectivity index (χ3v) is 2.25. The normalized spacial score (nSPS) is 22.5. The Balaban J connectivity index is 2.23. The van der Waals surface area contributed by atoms with E-state index in [-0.39, 0.29) is 6.61 Å². The first-order chi connectivity index (χ1) is 6.18. The van der Waals surface area contributed by atoms with E-state index in [2.05, 4.69) is 12.1 Å². The smallest absolute Gasteiger partial charge is 0.258 e. The zero-order valence-electron chi connectivity index (χ0n) is 7.95. The number of rotatable bonds is 3. The highest BCUT2D eigenvalue weighted by molar-refractivity contribution is 5.84. The van der Waals surface area contributed by atoms with Crippen LogP contribution < -0.4 is 5.73 Å². The quantitative estimate of drug-likeness (QED) is 0.666. The lowest BCUT2D eigenvalue weighted by molar-refractivity contribution is -0.122. The Hall–Kier alpha value is -1.06. The highest BCUT2D eigenvalue weighted by Crippen LogP contribution is 2.21. The monoisotopic (exact) mass is 184 g/mol. The fourth-order valence-corrected chi connectivity index (χ4v) is 1.37. The van der Waals surface area contributed by atoms with Crippen LogP contribution in [0.3, 0.4) is 0 Å². The van der Waals surface area contributed by atoms with Gasteiger partial charge in [0.25, 0.3) is 5.91 Å². The zero-order chi connectivity index (χ0) is 9.68. The van der Waals surface area contributed by atoms with Gasteiger partial charge in [-0.05, 0) is 31.6 Å². The number of amides is 1. The Labute approximate surface area is 78.1 Å². The third-order valence-electron chi connectivity index (χ3n) is 2.25. The van der Waals surface area contributed by atoms with Crippen LogP contribution in [0.4, 0.5) is 0 Å². The van der Waals surface area contributed by atoms with Gasteiger partial charge < -0.3 is 10.6 Å². The maximum Gasteiger partial charge on any atom is 0.258 e. The summed E-state index contributed by atoms with van der Waals surface area (Å²) in [4.78, 5) is 15.1. The highest BCUT2D eigenvalue weighted by atomic mass is 16.6. The van der Waals surface area contributed by atoms with Gasteiger partial charge in [-0.3, -0.25) is 4.79 Å². The van der Waals surface area contributed by atoms with E-state index in [0.29, 0.717) is 0 Å². The number of nitrogens with two attached hydrogens (primary N) is 1. The molecule has 74 valence electrons. The number of oxime groups is 1. The molecule has 4 heteroatoms. The van der Waals surface area contributed by atoms with Crippen molar-refractivity contribution in [3.05, 3.63) is 0 Å². The Morgan fingerprint density at radius 1 is 1.62 bits per heavy atom. The molecule has 0 aromatic rings. The van der Waals surface area contributed by atoms with Crippen LogP contribution in [0.2, 0.25) is 0 Å².